The number of carbonyl (C=O) groups excluding carboxylic acids is 1. The number of benzene rings is 2. The third kappa shape index (κ3) is 6.86. The van der Waals surface area contributed by atoms with Crippen LogP contribution in [0.25, 0.3) is 0 Å². The molecule has 146 valence electrons. The lowest BCUT2D eigenvalue weighted by molar-refractivity contribution is -0.117. The minimum atomic E-state index is -3.41. The molecule has 0 N–H and O–H groups in total. The zero-order valence-electron chi connectivity index (χ0n) is 15.3. The smallest absolute Gasteiger partial charge is 0.178 e. The van der Waals surface area contributed by atoms with Gasteiger partial charge in [0.05, 0.1) is 10.6 Å². The first-order valence-corrected chi connectivity index (χ1v) is 10.6. The van der Waals surface area contributed by atoms with E-state index >= 15 is 0 Å². The second-order valence-corrected chi connectivity index (χ2v) is 8.91. The van der Waals surface area contributed by atoms with Crippen molar-refractivity contribution in [2.24, 2.45) is 5.92 Å². The number of rotatable bonds is 10. The highest BCUT2D eigenvalue weighted by Crippen LogP contribution is 2.23. The van der Waals surface area contributed by atoms with Crippen LogP contribution in [-0.2, 0) is 21.1 Å². The van der Waals surface area contributed by atoms with Crippen LogP contribution in [0.1, 0.15) is 38.2 Å². The van der Waals surface area contributed by atoms with Crippen molar-refractivity contribution in [3.8, 4) is 0 Å². The number of halogens is 2. The Hall–Kier alpha value is -2.08. The van der Waals surface area contributed by atoms with Crippen LogP contribution in [0.5, 0.6) is 0 Å². The molecule has 0 aliphatic heterocycles. The number of sulfone groups is 1. The van der Waals surface area contributed by atoms with Crippen LogP contribution >= 0.6 is 0 Å². The SMILES string of the molecule is CC(=O)CCC(CCc1cc(F)ccc1F)CCS(=O)(=O)c1ccccc1. The number of aryl methyl sites for hydroxylation is 1. The normalized spacial score (nSPS) is 12.7. The van der Waals surface area contributed by atoms with Gasteiger partial charge in [0.15, 0.2) is 9.84 Å². The highest BCUT2D eigenvalue weighted by molar-refractivity contribution is 7.91. The van der Waals surface area contributed by atoms with E-state index < -0.39 is 21.5 Å². The molecular weight excluding hydrogens is 370 g/mol. The van der Waals surface area contributed by atoms with Gasteiger partial charge in [-0.15, -0.1) is 0 Å². The zero-order chi connectivity index (χ0) is 19.9. The summed E-state index contributed by atoms with van der Waals surface area (Å²) in [6, 6.07) is 11.5. The molecule has 2 rings (SSSR count). The molecule has 0 aromatic heterocycles. The fourth-order valence-electron chi connectivity index (χ4n) is 3.00. The van der Waals surface area contributed by atoms with Gasteiger partial charge in [-0.05, 0) is 74.4 Å². The quantitative estimate of drug-likeness (QED) is 0.584. The molecule has 3 nitrogen and oxygen atoms in total. The molecule has 0 aliphatic rings. The Morgan fingerprint density at radius 2 is 1.70 bits per heavy atom. The predicted octanol–water partition coefficient (Wildman–Crippen LogP) is 4.75. The summed E-state index contributed by atoms with van der Waals surface area (Å²) in [5.74, 6) is -1.04. The van der Waals surface area contributed by atoms with Gasteiger partial charge < -0.3 is 4.79 Å². The maximum absolute atomic E-state index is 13.8. The maximum Gasteiger partial charge on any atom is 0.178 e. The number of Topliss-reactive ketones (excluding diaryl/α,β-unsaturated/α-hetero) is 1. The number of hydrogen-bond acceptors (Lipinski definition) is 3. The largest absolute Gasteiger partial charge is 0.300 e. The monoisotopic (exact) mass is 394 g/mol. The van der Waals surface area contributed by atoms with Gasteiger partial charge in [0.25, 0.3) is 0 Å². The molecule has 2 aromatic carbocycles. The molecular formula is C21H24F2O3S. The zero-order valence-corrected chi connectivity index (χ0v) is 16.1. The van der Waals surface area contributed by atoms with E-state index in [1.165, 1.54) is 6.92 Å². The Kier molecular flexibility index (Phi) is 7.66. The highest BCUT2D eigenvalue weighted by atomic mass is 32.2. The van der Waals surface area contributed by atoms with Crippen LogP contribution in [-0.4, -0.2) is 20.0 Å². The van der Waals surface area contributed by atoms with Crippen molar-refractivity contribution < 1.29 is 22.0 Å². The van der Waals surface area contributed by atoms with Crippen molar-refractivity contribution >= 4 is 15.6 Å². The standard InChI is InChI=1S/C21H24F2O3S/c1-16(24)7-8-17(9-10-18-15-19(22)11-12-21(18)23)13-14-27(25,26)20-5-3-2-4-6-20/h2-6,11-12,15,17H,7-10,13-14H2,1H3. The average molecular weight is 394 g/mol. The molecule has 0 saturated carbocycles. The van der Waals surface area contributed by atoms with E-state index in [-0.39, 0.29) is 27.9 Å². The van der Waals surface area contributed by atoms with Crippen molar-refractivity contribution in [2.75, 3.05) is 5.75 Å². The first-order chi connectivity index (χ1) is 12.8. The first-order valence-electron chi connectivity index (χ1n) is 8.99. The Labute approximate surface area is 159 Å². The van der Waals surface area contributed by atoms with E-state index in [1.54, 1.807) is 30.3 Å². The Morgan fingerprint density at radius 3 is 2.37 bits per heavy atom. The highest BCUT2D eigenvalue weighted by Gasteiger charge is 2.19. The van der Waals surface area contributed by atoms with Crippen LogP contribution in [0.2, 0.25) is 0 Å². The van der Waals surface area contributed by atoms with Gasteiger partial charge in [0.2, 0.25) is 0 Å². The van der Waals surface area contributed by atoms with Crippen LogP contribution < -0.4 is 0 Å². The van der Waals surface area contributed by atoms with Gasteiger partial charge in [-0.3, -0.25) is 0 Å². The molecule has 27 heavy (non-hydrogen) atoms. The van der Waals surface area contributed by atoms with Crippen molar-refractivity contribution in [1.29, 1.82) is 0 Å². The summed E-state index contributed by atoms with van der Waals surface area (Å²) in [6.45, 7) is 1.49. The molecule has 0 fully saturated rings. The molecule has 0 radical (unpaired) electrons. The summed E-state index contributed by atoms with van der Waals surface area (Å²) in [6.07, 6.45) is 2.06. The minimum Gasteiger partial charge on any atom is -0.300 e. The Balaban J connectivity index is 2.03. The van der Waals surface area contributed by atoms with Crippen molar-refractivity contribution in [3.63, 3.8) is 0 Å². The molecule has 1 atom stereocenters. The molecule has 0 bridgehead atoms. The number of hydrogen-bond donors (Lipinski definition) is 0. The number of carbonyl (C=O) groups is 1. The molecule has 6 heteroatoms. The van der Waals surface area contributed by atoms with E-state index in [0.29, 0.717) is 32.1 Å². The predicted molar refractivity (Wildman–Crippen MR) is 101 cm³/mol. The lowest BCUT2D eigenvalue weighted by Crippen LogP contribution is -2.14. The molecule has 0 saturated heterocycles. The summed E-state index contributed by atoms with van der Waals surface area (Å²) >= 11 is 0. The Morgan fingerprint density at radius 1 is 1.00 bits per heavy atom. The molecule has 2 aromatic rings. The summed E-state index contributed by atoms with van der Waals surface area (Å²) < 4.78 is 52.1. The molecule has 1 unspecified atom stereocenters. The summed E-state index contributed by atoms with van der Waals surface area (Å²) in [4.78, 5) is 11.6. The molecule has 0 heterocycles. The fourth-order valence-corrected chi connectivity index (χ4v) is 4.45. The van der Waals surface area contributed by atoms with E-state index in [0.717, 1.165) is 18.2 Å². The van der Waals surface area contributed by atoms with Crippen LogP contribution in [0.3, 0.4) is 0 Å². The fraction of sp³-hybridized carbons (Fsp3) is 0.381. The van der Waals surface area contributed by atoms with E-state index in [4.69, 9.17) is 0 Å². The lowest BCUT2D eigenvalue weighted by atomic mass is 9.92. The van der Waals surface area contributed by atoms with Crippen LogP contribution in [0, 0.1) is 17.6 Å². The molecule has 0 aliphatic carbocycles. The summed E-state index contributed by atoms with van der Waals surface area (Å²) in [5, 5.41) is 0. The molecule has 0 amide bonds. The third-order valence-corrected chi connectivity index (χ3v) is 6.40. The van der Waals surface area contributed by atoms with Gasteiger partial charge in [-0.1, -0.05) is 18.2 Å². The van der Waals surface area contributed by atoms with E-state index in [1.807, 2.05) is 0 Å². The summed E-state index contributed by atoms with van der Waals surface area (Å²) in [5.41, 5.74) is 0.272. The second-order valence-electron chi connectivity index (χ2n) is 6.80. The first kappa shape index (κ1) is 21.2. The van der Waals surface area contributed by atoms with Crippen molar-refractivity contribution in [2.45, 2.75) is 43.9 Å². The number of ketones is 1. The van der Waals surface area contributed by atoms with Gasteiger partial charge in [0, 0.05) is 6.42 Å². The molecule has 0 spiro atoms. The van der Waals surface area contributed by atoms with Crippen LogP contribution in [0.4, 0.5) is 8.78 Å². The Bertz CT molecular complexity index is 864. The third-order valence-electron chi connectivity index (χ3n) is 4.63. The van der Waals surface area contributed by atoms with E-state index in [2.05, 4.69) is 0 Å². The van der Waals surface area contributed by atoms with Crippen molar-refractivity contribution in [3.05, 3.63) is 65.7 Å². The topological polar surface area (TPSA) is 51.2 Å². The van der Waals surface area contributed by atoms with Gasteiger partial charge in [-0.2, -0.15) is 0 Å². The van der Waals surface area contributed by atoms with Crippen molar-refractivity contribution in [1.82, 2.24) is 0 Å². The van der Waals surface area contributed by atoms with Gasteiger partial charge >= 0.3 is 0 Å². The second kappa shape index (κ2) is 9.74. The van der Waals surface area contributed by atoms with Gasteiger partial charge in [-0.25, -0.2) is 17.2 Å². The van der Waals surface area contributed by atoms with Crippen LogP contribution in [0.15, 0.2) is 53.4 Å². The lowest BCUT2D eigenvalue weighted by Gasteiger charge is -2.17. The minimum absolute atomic E-state index is 0.0304. The summed E-state index contributed by atoms with van der Waals surface area (Å²) in [7, 11) is -3.41. The van der Waals surface area contributed by atoms with Gasteiger partial charge in [0.1, 0.15) is 17.4 Å². The van der Waals surface area contributed by atoms with E-state index in [9.17, 15) is 22.0 Å². The average Bonchev–Trinajstić information content (AvgIpc) is 2.64. The maximum atomic E-state index is 13.8.